The highest BCUT2D eigenvalue weighted by atomic mass is 35.5. The molecule has 3 rings (SSSR count). The van der Waals surface area contributed by atoms with Crippen molar-refractivity contribution in [2.45, 2.75) is 12.8 Å². The van der Waals surface area contributed by atoms with E-state index in [1.807, 2.05) is 24.3 Å². The monoisotopic (exact) mass is 386 g/mol. The van der Waals surface area contributed by atoms with E-state index in [1.54, 1.807) is 31.5 Å². The molecule has 0 fully saturated rings. The number of methoxy groups -OCH3 is 2. The number of halogens is 1. The fourth-order valence-corrected chi connectivity index (χ4v) is 2.72. The van der Waals surface area contributed by atoms with Crippen LogP contribution in [0.1, 0.15) is 12.3 Å². The van der Waals surface area contributed by atoms with Crippen molar-refractivity contribution >= 4 is 23.2 Å². The van der Waals surface area contributed by atoms with Crippen LogP contribution in [0.4, 0.5) is 5.69 Å². The van der Waals surface area contributed by atoms with Crippen LogP contribution in [-0.4, -0.2) is 25.1 Å². The third-order valence-corrected chi connectivity index (χ3v) is 4.14. The summed E-state index contributed by atoms with van der Waals surface area (Å²) in [5.74, 6) is 2.21. The minimum Gasteiger partial charge on any atom is -0.497 e. The molecule has 3 aromatic rings. The summed E-state index contributed by atoms with van der Waals surface area (Å²) in [6.07, 6.45) is 2.23. The van der Waals surface area contributed by atoms with Crippen molar-refractivity contribution in [3.05, 3.63) is 59.6 Å². The van der Waals surface area contributed by atoms with E-state index < -0.39 is 0 Å². The van der Waals surface area contributed by atoms with Crippen LogP contribution in [0.25, 0.3) is 11.3 Å². The fraction of sp³-hybridized carbons (Fsp3) is 0.200. The number of hydrogen-bond acceptors (Lipinski definition) is 5. The summed E-state index contributed by atoms with van der Waals surface area (Å²) in [7, 11) is 3.14. The van der Waals surface area contributed by atoms with Gasteiger partial charge in [0.25, 0.3) is 0 Å². The number of carbonyl (C=O) groups is 1. The maximum atomic E-state index is 12.2. The molecule has 0 bridgehead atoms. The molecular formula is C20H19ClN2O4. The number of amides is 1. The molecule has 0 radical (unpaired) electrons. The molecule has 1 aromatic heterocycles. The van der Waals surface area contributed by atoms with E-state index in [0.717, 1.165) is 11.3 Å². The second kappa shape index (κ2) is 8.60. The average molecular weight is 387 g/mol. The molecule has 0 saturated heterocycles. The largest absolute Gasteiger partial charge is 0.497 e. The van der Waals surface area contributed by atoms with Crippen molar-refractivity contribution < 1.29 is 18.7 Å². The Labute approximate surface area is 162 Å². The molecule has 6 nitrogen and oxygen atoms in total. The van der Waals surface area contributed by atoms with Crippen LogP contribution in [-0.2, 0) is 11.2 Å². The van der Waals surface area contributed by atoms with Crippen molar-refractivity contribution in [1.82, 2.24) is 4.98 Å². The van der Waals surface area contributed by atoms with Gasteiger partial charge in [0.1, 0.15) is 11.5 Å². The van der Waals surface area contributed by atoms with Gasteiger partial charge in [-0.2, -0.15) is 0 Å². The molecule has 0 aliphatic carbocycles. The summed E-state index contributed by atoms with van der Waals surface area (Å²) in [4.78, 5) is 16.5. The number of ether oxygens (including phenoxy) is 2. The Kier molecular flexibility index (Phi) is 5.98. The van der Waals surface area contributed by atoms with Gasteiger partial charge in [0.05, 0.1) is 26.1 Å². The van der Waals surface area contributed by atoms with Gasteiger partial charge in [-0.25, -0.2) is 4.98 Å². The molecule has 0 aliphatic rings. The molecular weight excluding hydrogens is 368 g/mol. The first-order chi connectivity index (χ1) is 13.1. The quantitative estimate of drug-likeness (QED) is 0.643. The average Bonchev–Trinajstić information content (AvgIpc) is 3.16. The van der Waals surface area contributed by atoms with Gasteiger partial charge < -0.3 is 19.2 Å². The van der Waals surface area contributed by atoms with Gasteiger partial charge in [-0.05, 0) is 30.3 Å². The molecule has 140 valence electrons. The first kappa shape index (κ1) is 18.8. The van der Waals surface area contributed by atoms with E-state index in [2.05, 4.69) is 10.3 Å². The van der Waals surface area contributed by atoms with Crippen LogP contribution in [0.3, 0.4) is 0 Å². The minimum atomic E-state index is -0.184. The van der Waals surface area contributed by atoms with Crippen LogP contribution in [0.2, 0.25) is 5.02 Å². The minimum absolute atomic E-state index is 0.184. The topological polar surface area (TPSA) is 73.6 Å². The summed E-state index contributed by atoms with van der Waals surface area (Å²) in [5.41, 5.74) is 1.39. The smallest absolute Gasteiger partial charge is 0.224 e. The highest BCUT2D eigenvalue weighted by Gasteiger charge is 2.12. The Morgan fingerprint density at radius 1 is 1.19 bits per heavy atom. The number of anilines is 1. The van der Waals surface area contributed by atoms with Crippen molar-refractivity contribution in [1.29, 1.82) is 0 Å². The van der Waals surface area contributed by atoms with Crippen molar-refractivity contribution in [2.75, 3.05) is 19.5 Å². The van der Waals surface area contributed by atoms with E-state index in [4.69, 9.17) is 25.5 Å². The summed E-state index contributed by atoms with van der Waals surface area (Å²) >= 11 is 5.97. The Balaban J connectivity index is 1.61. The Morgan fingerprint density at radius 2 is 2.04 bits per heavy atom. The Bertz CT molecular complexity index is 939. The number of aromatic nitrogens is 1. The number of aryl methyl sites for hydroxylation is 1. The molecule has 1 heterocycles. The van der Waals surface area contributed by atoms with Crippen LogP contribution in [0, 0.1) is 0 Å². The summed E-state index contributed by atoms with van der Waals surface area (Å²) in [5, 5.41) is 3.31. The van der Waals surface area contributed by atoms with Crippen LogP contribution >= 0.6 is 11.6 Å². The number of nitrogens with zero attached hydrogens (tertiary/aromatic N) is 1. The van der Waals surface area contributed by atoms with Crippen LogP contribution in [0.15, 0.2) is 53.1 Å². The second-order valence-corrected chi connectivity index (χ2v) is 6.18. The number of hydrogen-bond donors (Lipinski definition) is 1. The molecule has 27 heavy (non-hydrogen) atoms. The van der Waals surface area contributed by atoms with Gasteiger partial charge in [0.2, 0.25) is 5.91 Å². The van der Waals surface area contributed by atoms with Gasteiger partial charge in [0, 0.05) is 23.4 Å². The standard InChI is InChI=1S/C20H19ClN2O4/c1-25-15-5-3-4-13(10-15)18-12-22-20(27-18)9-8-19(24)23-16-11-14(21)6-7-17(16)26-2/h3-7,10-12H,8-9H2,1-2H3,(H,23,24). The van der Waals surface area contributed by atoms with Gasteiger partial charge in [-0.1, -0.05) is 23.7 Å². The lowest BCUT2D eigenvalue weighted by Crippen LogP contribution is -2.13. The molecule has 0 unspecified atom stereocenters. The SMILES string of the molecule is COc1cccc(-c2cnc(CCC(=O)Nc3cc(Cl)ccc3OC)o2)c1. The van der Waals surface area contributed by atoms with E-state index in [9.17, 15) is 4.79 Å². The molecule has 0 saturated carbocycles. The van der Waals surface area contributed by atoms with Crippen molar-refractivity contribution in [3.63, 3.8) is 0 Å². The Hall–Kier alpha value is -2.99. The second-order valence-electron chi connectivity index (χ2n) is 5.74. The number of rotatable bonds is 7. The molecule has 0 spiro atoms. The van der Waals surface area contributed by atoms with E-state index in [0.29, 0.717) is 34.5 Å². The normalized spacial score (nSPS) is 10.5. The maximum Gasteiger partial charge on any atom is 0.224 e. The summed E-state index contributed by atoms with van der Waals surface area (Å²) in [6.45, 7) is 0. The molecule has 0 aliphatic heterocycles. The summed E-state index contributed by atoms with van der Waals surface area (Å²) in [6, 6.07) is 12.5. The van der Waals surface area contributed by atoms with Crippen molar-refractivity contribution in [2.24, 2.45) is 0 Å². The molecule has 7 heteroatoms. The lowest BCUT2D eigenvalue weighted by atomic mass is 10.2. The number of nitrogens with one attached hydrogen (secondary N) is 1. The molecule has 1 N–H and O–H groups in total. The first-order valence-electron chi connectivity index (χ1n) is 8.31. The van der Waals surface area contributed by atoms with Gasteiger partial charge in [-0.3, -0.25) is 4.79 Å². The lowest BCUT2D eigenvalue weighted by Gasteiger charge is -2.10. The van der Waals surface area contributed by atoms with E-state index in [1.165, 1.54) is 7.11 Å². The van der Waals surface area contributed by atoms with Crippen molar-refractivity contribution in [3.8, 4) is 22.8 Å². The van der Waals surface area contributed by atoms with Gasteiger partial charge in [0.15, 0.2) is 11.7 Å². The first-order valence-corrected chi connectivity index (χ1v) is 8.69. The number of oxazole rings is 1. The maximum absolute atomic E-state index is 12.2. The third kappa shape index (κ3) is 4.80. The lowest BCUT2D eigenvalue weighted by molar-refractivity contribution is -0.116. The summed E-state index contributed by atoms with van der Waals surface area (Å²) < 4.78 is 16.2. The van der Waals surface area contributed by atoms with E-state index >= 15 is 0 Å². The van der Waals surface area contributed by atoms with E-state index in [-0.39, 0.29) is 12.3 Å². The predicted octanol–water partition coefficient (Wildman–Crippen LogP) is 4.58. The van der Waals surface area contributed by atoms with Crippen LogP contribution in [0.5, 0.6) is 11.5 Å². The number of carbonyl (C=O) groups excluding carboxylic acids is 1. The van der Waals surface area contributed by atoms with Crippen LogP contribution < -0.4 is 14.8 Å². The predicted molar refractivity (Wildman–Crippen MR) is 103 cm³/mol. The Morgan fingerprint density at radius 3 is 2.81 bits per heavy atom. The van der Waals surface area contributed by atoms with Gasteiger partial charge in [-0.15, -0.1) is 0 Å². The zero-order valence-electron chi connectivity index (χ0n) is 15.0. The molecule has 1 amide bonds. The highest BCUT2D eigenvalue weighted by Crippen LogP contribution is 2.28. The number of benzene rings is 2. The molecule has 2 aromatic carbocycles. The fourth-order valence-electron chi connectivity index (χ4n) is 2.55. The van der Waals surface area contributed by atoms with Gasteiger partial charge >= 0.3 is 0 Å². The zero-order valence-corrected chi connectivity index (χ0v) is 15.7. The third-order valence-electron chi connectivity index (χ3n) is 3.91. The zero-order chi connectivity index (χ0) is 19.2. The molecule has 0 atom stereocenters. The highest BCUT2D eigenvalue weighted by molar-refractivity contribution is 6.31.